The summed E-state index contributed by atoms with van der Waals surface area (Å²) in [6.45, 7) is 9.94. The van der Waals surface area contributed by atoms with Crippen LogP contribution >= 0.6 is 0 Å². The molecule has 0 aromatic rings. The maximum Gasteiger partial charge on any atom is -0.0160 e. The van der Waals surface area contributed by atoms with Crippen LogP contribution in [0.4, 0.5) is 0 Å². The van der Waals surface area contributed by atoms with E-state index in [1.165, 1.54) is 11.1 Å². The molecule has 0 heteroatoms. The van der Waals surface area contributed by atoms with E-state index < -0.39 is 0 Å². The molecule has 0 N–H and O–H groups in total. The maximum absolute atomic E-state index is 3.61. The first kappa shape index (κ1) is 11.0. The Morgan fingerprint density at radius 1 is 1.25 bits per heavy atom. The molecular formula is C12H18. The molecular weight excluding hydrogens is 144 g/mol. The predicted octanol–water partition coefficient (Wildman–Crippen LogP) is 4.03. The Labute approximate surface area is 76.0 Å². The third kappa shape index (κ3) is 7.07. The summed E-state index contributed by atoms with van der Waals surface area (Å²) in [4.78, 5) is 0. The monoisotopic (exact) mass is 162 g/mol. The Morgan fingerprint density at radius 3 is 2.42 bits per heavy atom. The third-order valence-corrected chi connectivity index (χ3v) is 1.36. The summed E-state index contributed by atoms with van der Waals surface area (Å²) in [5.41, 5.74) is 2.67. The van der Waals surface area contributed by atoms with Crippen molar-refractivity contribution in [3.8, 4) is 0 Å². The van der Waals surface area contributed by atoms with Crippen molar-refractivity contribution in [2.24, 2.45) is 0 Å². The summed E-state index contributed by atoms with van der Waals surface area (Å²) in [5.74, 6) is 0. The zero-order chi connectivity index (χ0) is 9.40. The van der Waals surface area contributed by atoms with Gasteiger partial charge in [-0.2, -0.15) is 0 Å². The molecule has 0 atom stereocenters. The summed E-state index contributed by atoms with van der Waals surface area (Å²) in [6.07, 6.45) is 11.2. The molecule has 0 fully saturated rings. The highest BCUT2D eigenvalue weighted by Gasteiger charge is 1.81. The van der Waals surface area contributed by atoms with Crippen LogP contribution in [0.25, 0.3) is 0 Å². The first-order chi connectivity index (χ1) is 5.66. The van der Waals surface area contributed by atoms with Gasteiger partial charge < -0.3 is 0 Å². The van der Waals surface area contributed by atoms with Gasteiger partial charge in [0.05, 0.1) is 0 Å². The SMILES string of the molecule is C=CC=CCC=C(C)C=C(C)C. The van der Waals surface area contributed by atoms with Crippen molar-refractivity contribution in [3.63, 3.8) is 0 Å². The van der Waals surface area contributed by atoms with E-state index in [4.69, 9.17) is 0 Å². The Balaban J connectivity index is 3.93. The van der Waals surface area contributed by atoms with Crippen molar-refractivity contribution >= 4 is 0 Å². The lowest BCUT2D eigenvalue weighted by Crippen LogP contribution is -1.70. The molecule has 0 nitrogen and oxygen atoms in total. The van der Waals surface area contributed by atoms with Crippen LogP contribution in [-0.2, 0) is 0 Å². The molecule has 0 heterocycles. The second-order valence-corrected chi connectivity index (χ2v) is 3.07. The van der Waals surface area contributed by atoms with Gasteiger partial charge in [0.15, 0.2) is 0 Å². The van der Waals surface area contributed by atoms with Gasteiger partial charge in [-0.15, -0.1) is 0 Å². The van der Waals surface area contributed by atoms with Gasteiger partial charge in [0.2, 0.25) is 0 Å². The summed E-state index contributed by atoms with van der Waals surface area (Å²) < 4.78 is 0. The molecule has 0 radical (unpaired) electrons. The topological polar surface area (TPSA) is 0 Å². The van der Waals surface area contributed by atoms with Crippen molar-refractivity contribution in [1.82, 2.24) is 0 Å². The minimum absolute atomic E-state index is 0.988. The summed E-state index contributed by atoms with van der Waals surface area (Å²) >= 11 is 0. The molecule has 0 aliphatic carbocycles. The lowest BCUT2D eigenvalue weighted by atomic mass is 10.2. The molecule has 0 saturated carbocycles. The maximum atomic E-state index is 3.61. The minimum atomic E-state index is 0.988. The third-order valence-electron chi connectivity index (χ3n) is 1.36. The summed E-state index contributed by atoms with van der Waals surface area (Å²) in [5, 5.41) is 0. The lowest BCUT2D eigenvalue weighted by Gasteiger charge is -1.91. The van der Waals surface area contributed by atoms with Crippen molar-refractivity contribution < 1.29 is 0 Å². The van der Waals surface area contributed by atoms with Gasteiger partial charge in [-0.25, -0.2) is 0 Å². The number of hydrogen-bond acceptors (Lipinski definition) is 0. The average molecular weight is 162 g/mol. The molecule has 0 unspecified atom stereocenters. The van der Waals surface area contributed by atoms with Gasteiger partial charge >= 0.3 is 0 Å². The normalized spacial score (nSPS) is 11.8. The van der Waals surface area contributed by atoms with E-state index in [-0.39, 0.29) is 0 Å². The fraction of sp³-hybridized carbons (Fsp3) is 0.333. The minimum Gasteiger partial charge on any atom is -0.0991 e. The Bertz CT molecular complexity index is 210. The van der Waals surface area contributed by atoms with Gasteiger partial charge in [-0.3, -0.25) is 0 Å². The second kappa shape index (κ2) is 6.66. The van der Waals surface area contributed by atoms with Crippen LogP contribution in [0.5, 0.6) is 0 Å². The van der Waals surface area contributed by atoms with E-state index in [2.05, 4.69) is 45.6 Å². The summed E-state index contributed by atoms with van der Waals surface area (Å²) in [7, 11) is 0. The lowest BCUT2D eigenvalue weighted by molar-refractivity contribution is 1.29. The molecule has 0 aliphatic heterocycles. The quantitative estimate of drug-likeness (QED) is 0.547. The first-order valence-corrected chi connectivity index (χ1v) is 4.26. The molecule has 0 bridgehead atoms. The molecule has 0 aromatic heterocycles. The van der Waals surface area contributed by atoms with Gasteiger partial charge in [0.1, 0.15) is 0 Å². The van der Waals surface area contributed by atoms with Crippen LogP contribution in [0.2, 0.25) is 0 Å². The van der Waals surface area contributed by atoms with Crippen LogP contribution < -0.4 is 0 Å². The fourth-order valence-corrected chi connectivity index (χ4v) is 0.943. The highest BCUT2D eigenvalue weighted by atomic mass is 13.9. The number of allylic oxidation sites excluding steroid dienone is 7. The van der Waals surface area contributed by atoms with Crippen LogP contribution in [0, 0.1) is 0 Å². The Morgan fingerprint density at radius 2 is 1.92 bits per heavy atom. The first-order valence-electron chi connectivity index (χ1n) is 4.26. The van der Waals surface area contributed by atoms with Crippen LogP contribution in [0.3, 0.4) is 0 Å². The Hall–Kier alpha value is -1.04. The number of hydrogen-bond donors (Lipinski definition) is 0. The van der Waals surface area contributed by atoms with E-state index in [1.54, 1.807) is 6.08 Å². The van der Waals surface area contributed by atoms with E-state index in [9.17, 15) is 0 Å². The molecule has 0 rings (SSSR count). The largest absolute Gasteiger partial charge is 0.0991 e. The van der Waals surface area contributed by atoms with E-state index >= 15 is 0 Å². The van der Waals surface area contributed by atoms with Crippen molar-refractivity contribution in [2.45, 2.75) is 27.2 Å². The fourth-order valence-electron chi connectivity index (χ4n) is 0.943. The van der Waals surface area contributed by atoms with Crippen molar-refractivity contribution in [3.05, 3.63) is 48.1 Å². The highest BCUT2D eigenvalue weighted by molar-refractivity contribution is 5.20. The standard InChI is InChI=1S/C12H18/c1-5-6-7-8-9-12(4)10-11(2)3/h5-7,9-10H,1,8H2,2-4H3. The zero-order valence-electron chi connectivity index (χ0n) is 8.30. The zero-order valence-corrected chi connectivity index (χ0v) is 8.30. The molecule has 0 aromatic carbocycles. The van der Waals surface area contributed by atoms with Gasteiger partial charge in [0.25, 0.3) is 0 Å². The molecule has 12 heavy (non-hydrogen) atoms. The van der Waals surface area contributed by atoms with E-state index in [0.717, 1.165) is 6.42 Å². The van der Waals surface area contributed by atoms with Crippen LogP contribution in [-0.4, -0.2) is 0 Å². The molecule has 0 spiro atoms. The van der Waals surface area contributed by atoms with Crippen molar-refractivity contribution in [2.75, 3.05) is 0 Å². The molecule has 66 valence electrons. The van der Waals surface area contributed by atoms with Gasteiger partial charge in [-0.05, 0) is 27.2 Å². The smallest absolute Gasteiger partial charge is 0.0160 e. The molecule has 0 saturated heterocycles. The van der Waals surface area contributed by atoms with E-state index in [1.807, 2.05) is 6.08 Å². The van der Waals surface area contributed by atoms with Crippen LogP contribution in [0.15, 0.2) is 48.1 Å². The average Bonchev–Trinajstić information content (AvgIpc) is 1.97. The summed E-state index contributed by atoms with van der Waals surface area (Å²) in [6, 6.07) is 0. The second-order valence-electron chi connectivity index (χ2n) is 3.07. The molecule has 0 amide bonds. The number of rotatable bonds is 4. The van der Waals surface area contributed by atoms with E-state index in [0.29, 0.717) is 0 Å². The predicted molar refractivity (Wildman–Crippen MR) is 57.1 cm³/mol. The van der Waals surface area contributed by atoms with Crippen LogP contribution in [0.1, 0.15) is 27.2 Å². The Kier molecular flexibility index (Phi) is 6.08. The highest BCUT2D eigenvalue weighted by Crippen LogP contribution is 2.02. The molecule has 0 aliphatic rings. The van der Waals surface area contributed by atoms with Gasteiger partial charge in [-0.1, -0.05) is 48.1 Å². The van der Waals surface area contributed by atoms with Gasteiger partial charge in [0, 0.05) is 0 Å². The van der Waals surface area contributed by atoms with Crippen molar-refractivity contribution in [1.29, 1.82) is 0 Å².